The minimum absolute atomic E-state index is 0.0203. The van der Waals surface area contributed by atoms with Crippen molar-refractivity contribution in [1.29, 1.82) is 0 Å². The van der Waals surface area contributed by atoms with E-state index in [9.17, 15) is 22.8 Å². The number of carbonyl (C=O) groups excluding carboxylic acids is 1. The predicted octanol–water partition coefficient (Wildman–Crippen LogP) is 4.40. The van der Waals surface area contributed by atoms with Crippen LogP contribution in [0.5, 0.6) is 0 Å². The lowest BCUT2D eigenvalue weighted by molar-refractivity contribution is -0.137. The largest absolute Gasteiger partial charge is 0.416 e. The average molecular weight is 467 g/mol. The predicted molar refractivity (Wildman–Crippen MR) is 115 cm³/mol. The van der Waals surface area contributed by atoms with Crippen molar-refractivity contribution < 1.29 is 18.0 Å². The van der Waals surface area contributed by atoms with E-state index in [2.05, 4.69) is 10.3 Å². The molecular formula is C22H22ClF3N4O2. The molecule has 2 aromatic heterocycles. The number of aromatic nitrogens is 3. The number of nitrogens with zero attached hydrogens (tertiary/aromatic N) is 3. The topological polar surface area (TPSA) is 68.9 Å². The van der Waals surface area contributed by atoms with Crippen LogP contribution in [0.25, 0.3) is 11.2 Å². The highest BCUT2D eigenvalue weighted by molar-refractivity contribution is 6.33. The van der Waals surface area contributed by atoms with Crippen molar-refractivity contribution in [2.75, 3.05) is 0 Å². The molecule has 0 radical (unpaired) electrons. The summed E-state index contributed by atoms with van der Waals surface area (Å²) < 4.78 is 42.2. The van der Waals surface area contributed by atoms with E-state index in [0.717, 1.165) is 36.6 Å². The first-order valence-electron chi connectivity index (χ1n) is 10.3. The van der Waals surface area contributed by atoms with Crippen LogP contribution < -0.4 is 11.0 Å². The normalized spacial score (nSPS) is 19.3. The minimum Gasteiger partial charge on any atom is -0.349 e. The summed E-state index contributed by atoms with van der Waals surface area (Å²) in [7, 11) is 1.69. The Hall–Kier alpha value is -2.81. The Morgan fingerprint density at radius 1 is 1.22 bits per heavy atom. The number of benzene rings is 1. The lowest BCUT2D eigenvalue weighted by Gasteiger charge is -2.29. The van der Waals surface area contributed by atoms with Crippen LogP contribution in [0, 0.1) is 5.92 Å². The molecule has 0 aliphatic heterocycles. The van der Waals surface area contributed by atoms with Crippen LogP contribution in [0.1, 0.15) is 41.6 Å². The van der Waals surface area contributed by atoms with Gasteiger partial charge in [0.2, 0.25) is 0 Å². The first kappa shape index (κ1) is 22.4. The maximum Gasteiger partial charge on any atom is 0.416 e. The molecule has 32 heavy (non-hydrogen) atoms. The van der Waals surface area contributed by atoms with Crippen LogP contribution in [-0.2, 0) is 19.8 Å². The summed E-state index contributed by atoms with van der Waals surface area (Å²) in [6.45, 7) is 0.558. The van der Waals surface area contributed by atoms with Gasteiger partial charge in [-0.3, -0.25) is 13.9 Å². The molecule has 0 unspecified atom stereocenters. The molecule has 2 heterocycles. The number of rotatable bonds is 4. The highest BCUT2D eigenvalue weighted by Crippen LogP contribution is 2.32. The third-order valence-electron chi connectivity index (χ3n) is 6.05. The first-order valence-corrected chi connectivity index (χ1v) is 10.7. The second-order valence-corrected chi connectivity index (χ2v) is 8.59. The van der Waals surface area contributed by atoms with E-state index in [1.165, 1.54) is 4.57 Å². The minimum atomic E-state index is -4.55. The van der Waals surface area contributed by atoms with E-state index in [1.54, 1.807) is 23.9 Å². The van der Waals surface area contributed by atoms with Crippen molar-refractivity contribution in [2.24, 2.45) is 13.0 Å². The molecule has 1 N–H and O–H groups in total. The molecule has 1 amide bonds. The van der Waals surface area contributed by atoms with Crippen molar-refractivity contribution in [3.63, 3.8) is 0 Å². The Bertz CT molecular complexity index is 1210. The molecule has 0 spiro atoms. The summed E-state index contributed by atoms with van der Waals surface area (Å²) in [4.78, 5) is 29.4. The number of carbonyl (C=O) groups is 1. The molecule has 1 aliphatic carbocycles. The molecule has 1 aromatic carbocycles. The Morgan fingerprint density at radius 3 is 2.62 bits per heavy atom. The molecule has 170 valence electrons. The molecule has 1 fully saturated rings. The number of aryl methyl sites for hydroxylation is 1. The van der Waals surface area contributed by atoms with Crippen LogP contribution in [0.4, 0.5) is 13.2 Å². The fourth-order valence-corrected chi connectivity index (χ4v) is 4.50. The summed E-state index contributed by atoms with van der Waals surface area (Å²) in [6, 6.07) is 6.24. The van der Waals surface area contributed by atoms with Gasteiger partial charge in [0.1, 0.15) is 0 Å². The number of halogens is 4. The summed E-state index contributed by atoms with van der Waals surface area (Å²) >= 11 is 5.97. The van der Waals surface area contributed by atoms with Gasteiger partial charge < -0.3 is 5.32 Å². The van der Waals surface area contributed by atoms with Gasteiger partial charge in [0.05, 0.1) is 21.7 Å². The highest BCUT2D eigenvalue weighted by Gasteiger charge is 2.32. The van der Waals surface area contributed by atoms with Crippen LogP contribution in [0.2, 0.25) is 5.02 Å². The van der Waals surface area contributed by atoms with Gasteiger partial charge in [0, 0.05) is 25.8 Å². The number of nitrogens with one attached hydrogen (secondary N) is 1. The van der Waals surface area contributed by atoms with Gasteiger partial charge in [-0.15, -0.1) is 0 Å². The quantitative estimate of drug-likeness (QED) is 0.619. The Labute approximate surface area is 187 Å². The summed E-state index contributed by atoms with van der Waals surface area (Å²) in [5, 5.41) is 2.79. The van der Waals surface area contributed by atoms with Crippen molar-refractivity contribution in [2.45, 2.75) is 44.4 Å². The van der Waals surface area contributed by atoms with Gasteiger partial charge in [-0.05, 0) is 61.9 Å². The molecule has 0 saturated heterocycles. The van der Waals surface area contributed by atoms with E-state index in [0.29, 0.717) is 25.0 Å². The van der Waals surface area contributed by atoms with E-state index < -0.39 is 17.6 Å². The molecule has 4 rings (SSSR count). The lowest BCUT2D eigenvalue weighted by Crippen LogP contribution is -2.38. The van der Waals surface area contributed by atoms with Crippen LogP contribution >= 0.6 is 11.6 Å². The van der Waals surface area contributed by atoms with E-state index in [-0.39, 0.29) is 28.2 Å². The molecule has 6 nitrogen and oxygen atoms in total. The van der Waals surface area contributed by atoms with Crippen LogP contribution in [0.3, 0.4) is 0 Å². The van der Waals surface area contributed by atoms with Crippen molar-refractivity contribution in [3.8, 4) is 0 Å². The maximum absolute atomic E-state index is 13.0. The smallest absolute Gasteiger partial charge is 0.349 e. The molecule has 3 aromatic rings. The van der Waals surface area contributed by atoms with Crippen molar-refractivity contribution in [1.82, 2.24) is 19.4 Å². The summed E-state index contributed by atoms with van der Waals surface area (Å²) in [5.74, 6) is -0.357. The lowest BCUT2D eigenvalue weighted by atomic mass is 9.85. The first-order chi connectivity index (χ1) is 15.1. The molecule has 1 aliphatic rings. The van der Waals surface area contributed by atoms with Gasteiger partial charge in [-0.2, -0.15) is 13.2 Å². The number of amides is 1. The molecule has 0 atom stereocenters. The molecule has 10 heteroatoms. The van der Waals surface area contributed by atoms with E-state index in [4.69, 9.17) is 11.6 Å². The molecule has 1 saturated carbocycles. The number of imidazole rings is 1. The van der Waals surface area contributed by atoms with Gasteiger partial charge in [-0.1, -0.05) is 11.6 Å². The van der Waals surface area contributed by atoms with Gasteiger partial charge in [-0.25, -0.2) is 9.78 Å². The second-order valence-electron chi connectivity index (χ2n) is 8.18. The average Bonchev–Trinajstić information content (AvgIpc) is 2.99. The molecule has 0 bridgehead atoms. The Kier molecular flexibility index (Phi) is 6.03. The fraction of sp³-hybridized carbons (Fsp3) is 0.409. The zero-order valence-electron chi connectivity index (χ0n) is 17.3. The number of hydrogen-bond acceptors (Lipinski definition) is 3. The highest BCUT2D eigenvalue weighted by atomic mass is 35.5. The zero-order valence-corrected chi connectivity index (χ0v) is 18.1. The van der Waals surface area contributed by atoms with Gasteiger partial charge in [0.25, 0.3) is 5.91 Å². The second kappa shape index (κ2) is 8.61. The van der Waals surface area contributed by atoms with Crippen molar-refractivity contribution >= 4 is 28.7 Å². The van der Waals surface area contributed by atoms with E-state index >= 15 is 0 Å². The van der Waals surface area contributed by atoms with Gasteiger partial charge >= 0.3 is 11.9 Å². The summed E-state index contributed by atoms with van der Waals surface area (Å²) in [6.07, 6.45) is 0.00771. The van der Waals surface area contributed by atoms with Crippen LogP contribution in [0.15, 0.2) is 41.3 Å². The van der Waals surface area contributed by atoms with Crippen LogP contribution in [-0.4, -0.2) is 26.1 Å². The Balaban J connectivity index is 1.40. The van der Waals surface area contributed by atoms with Crippen molar-refractivity contribution in [3.05, 3.63) is 63.2 Å². The number of hydrogen-bond donors (Lipinski definition) is 1. The van der Waals surface area contributed by atoms with E-state index in [1.807, 2.05) is 6.07 Å². The Morgan fingerprint density at radius 2 is 1.94 bits per heavy atom. The SMILES string of the molecule is Cn1c(=O)n(CC2CCC(NC(=O)c3cc(C(F)(F)F)ccc3Cl)CC2)c2cccnc21. The van der Waals surface area contributed by atoms with Gasteiger partial charge in [0.15, 0.2) is 5.65 Å². The summed E-state index contributed by atoms with van der Waals surface area (Å²) in [5.41, 5.74) is 0.212. The number of alkyl halides is 3. The number of fused-ring (bicyclic) bond motifs is 1. The standard InChI is InChI=1S/C22H22ClF3N4O2/c1-29-19-18(3-2-10-27-19)30(21(29)32)12-13-4-7-15(8-5-13)28-20(31)16-11-14(22(24,25)26)6-9-17(16)23/h2-3,6,9-11,13,15H,4-5,7-8,12H2,1H3,(H,28,31). The third kappa shape index (κ3) is 4.39. The fourth-order valence-electron chi connectivity index (χ4n) is 4.30. The monoisotopic (exact) mass is 466 g/mol. The molecular weight excluding hydrogens is 445 g/mol. The number of pyridine rings is 1. The third-order valence-corrected chi connectivity index (χ3v) is 6.38. The zero-order chi connectivity index (χ0) is 23.0. The maximum atomic E-state index is 13.0.